The SMILES string of the molecule is CCCCCNC1(O)C=CC=C(O)C1. The van der Waals surface area contributed by atoms with Gasteiger partial charge in [-0.05, 0) is 25.1 Å². The normalized spacial score (nSPS) is 26.3. The van der Waals surface area contributed by atoms with E-state index in [2.05, 4.69) is 12.2 Å². The zero-order chi connectivity index (χ0) is 10.4. The molecule has 0 aliphatic heterocycles. The summed E-state index contributed by atoms with van der Waals surface area (Å²) >= 11 is 0. The van der Waals surface area contributed by atoms with E-state index in [1.54, 1.807) is 18.2 Å². The van der Waals surface area contributed by atoms with Crippen LogP contribution in [-0.2, 0) is 0 Å². The molecule has 0 heterocycles. The van der Waals surface area contributed by atoms with E-state index in [1.807, 2.05) is 0 Å². The Morgan fingerprint density at radius 2 is 2.29 bits per heavy atom. The van der Waals surface area contributed by atoms with Gasteiger partial charge in [-0.3, -0.25) is 5.32 Å². The van der Waals surface area contributed by atoms with Gasteiger partial charge in [0.1, 0.15) is 5.72 Å². The van der Waals surface area contributed by atoms with Crippen LogP contribution in [0.2, 0.25) is 0 Å². The Balaban J connectivity index is 2.29. The molecule has 0 bridgehead atoms. The molecular formula is C11H19NO2. The van der Waals surface area contributed by atoms with Crippen molar-refractivity contribution < 1.29 is 10.2 Å². The molecule has 1 rings (SSSR count). The lowest BCUT2D eigenvalue weighted by Crippen LogP contribution is -2.44. The number of unbranched alkanes of at least 4 members (excludes halogenated alkanes) is 2. The highest BCUT2D eigenvalue weighted by Crippen LogP contribution is 2.18. The van der Waals surface area contributed by atoms with E-state index in [0.29, 0.717) is 0 Å². The van der Waals surface area contributed by atoms with Gasteiger partial charge in [0.15, 0.2) is 0 Å². The Morgan fingerprint density at radius 1 is 1.50 bits per heavy atom. The third-order valence-electron chi connectivity index (χ3n) is 2.32. The summed E-state index contributed by atoms with van der Waals surface area (Å²) in [5.41, 5.74) is -1.05. The Bertz CT molecular complexity index is 235. The van der Waals surface area contributed by atoms with Crippen LogP contribution in [0.4, 0.5) is 0 Å². The molecule has 3 N–H and O–H groups in total. The molecule has 14 heavy (non-hydrogen) atoms. The third kappa shape index (κ3) is 3.52. The van der Waals surface area contributed by atoms with Crippen molar-refractivity contribution in [2.24, 2.45) is 0 Å². The summed E-state index contributed by atoms with van der Waals surface area (Å²) in [6, 6.07) is 0. The van der Waals surface area contributed by atoms with E-state index < -0.39 is 5.72 Å². The molecule has 0 aromatic carbocycles. The number of rotatable bonds is 5. The fraction of sp³-hybridized carbons (Fsp3) is 0.636. The van der Waals surface area contributed by atoms with E-state index in [1.165, 1.54) is 6.42 Å². The average molecular weight is 197 g/mol. The van der Waals surface area contributed by atoms with E-state index >= 15 is 0 Å². The zero-order valence-corrected chi connectivity index (χ0v) is 8.66. The van der Waals surface area contributed by atoms with Crippen LogP contribution in [0.15, 0.2) is 24.0 Å². The number of aliphatic hydroxyl groups excluding tert-OH is 1. The largest absolute Gasteiger partial charge is 0.512 e. The monoisotopic (exact) mass is 197 g/mol. The second kappa shape index (κ2) is 5.17. The predicted molar refractivity (Wildman–Crippen MR) is 56.9 cm³/mol. The summed E-state index contributed by atoms with van der Waals surface area (Å²) in [7, 11) is 0. The van der Waals surface area contributed by atoms with Gasteiger partial charge in [-0.15, -0.1) is 0 Å². The fourth-order valence-electron chi connectivity index (χ4n) is 1.51. The van der Waals surface area contributed by atoms with Crippen molar-refractivity contribution in [1.29, 1.82) is 0 Å². The first-order chi connectivity index (χ1) is 6.66. The summed E-state index contributed by atoms with van der Waals surface area (Å²) in [6.07, 6.45) is 8.59. The molecule has 1 aliphatic carbocycles. The standard InChI is InChI=1S/C11H19NO2/c1-2-3-4-8-12-11(14)7-5-6-10(13)9-11/h5-7,12-14H,2-4,8-9H2,1H3. The van der Waals surface area contributed by atoms with E-state index in [0.717, 1.165) is 19.4 Å². The molecule has 0 aromatic rings. The van der Waals surface area contributed by atoms with Crippen LogP contribution in [0.3, 0.4) is 0 Å². The molecule has 3 heteroatoms. The lowest BCUT2D eigenvalue weighted by atomic mass is 10.0. The van der Waals surface area contributed by atoms with Gasteiger partial charge in [-0.25, -0.2) is 0 Å². The summed E-state index contributed by atoms with van der Waals surface area (Å²) < 4.78 is 0. The molecule has 0 saturated carbocycles. The van der Waals surface area contributed by atoms with Gasteiger partial charge >= 0.3 is 0 Å². The second-order valence-corrected chi connectivity index (χ2v) is 3.75. The van der Waals surface area contributed by atoms with E-state index in [-0.39, 0.29) is 12.2 Å². The molecule has 80 valence electrons. The van der Waals surface area contributed by atoms with Gasteiger partial charge in [-0.2, -0.15) is 0 Å². The van der Waals surface area contributed by atoms with Gasteiger partial charge in [0.25, 0.3) is 0 Å². The number of allylic oxidation sites excluding steroid dienone is 2. The predicted octanol–water partition coefficient (Wildman–Crippen LogP) is 1.86. The van der Waals surface area contributed by atoms with Gasteiger partial charge in [-0.1, -0.05) is 25.8 Å². The van der Waals surface area contributed by atoms with Crippen molar-refractivity contribution in [3.8, 4) is 0 Å². The first kappa shape index (κ1) is 11.3. The molecule has 1 atom stereocenters. The smallest absolute Gasteiger partial charge is 0.142 e. The minimum absolute atomic E-state index is 0.220. The summed E-state index contributed by atoms with van der Waals surface area (Å²) in [6.45, 7) is 2.92. The quantitative estimate of drug-likeness (QED) is 0.466. The zero-order valence-electron chi connectivity index (χ0n) is 8.66. The highest BCUT2D eigenvalue weighted by Gasteiger charge is 2.25. The maximum absolute atomic E-state index is 9.94. The average Bonchev–Trinajstić information content (AvgIpc) is 2.12. The van der Waals surface area contributed by atoms with Crippen LogP contribution in [0.25, 0.3) is 0 Å². The lowest BCUT2D eigenvalue weighted by molar-refractivity contribution is 0.0426. The summed E-state index contributed by atoms with van der Waals surface area (Å²) in [5.74, 6) is 0.220. The van der Waals surface area contributed by atoms with Crippen molar-refractivity contribution in [1.82, 2.24) is 5.32 Å². The topological polar surface area (TPSA) is 52.5 Å². The molecule has 0 saturated heterocycles. The first-order valence-corrected chi connectivity index (χ1v) is 5.21. The Kier molecular flexibility index (Phi) is 4.17. The number of hydrogen-bond acceptors (Lipinski definition) is 3. The van der Waals surface area contributed by atoms with Crippen molar-refractivity contribution in [3.05, 3.63) is 24.0 Å². The Hall–Kier alpha value is -0.800. The van der Waals surface area contributed by atoms with Gasteiger partial charge in [0, 0.05) is 0 Å². The molecule has 0 spiro atoms. The van der Waals surface area contributed by atoms with Crippen LogP contribution in [0.5, 0.6) is 0 Å². The van der Waals surface area contributed by atoms with Crippen molar-refractivity contribution in [3.63, 3.8) is 0 Å². The highest BCUT2D eigenvalue weighted by molar-refractivity contribution is 5.20. The maximum atomic E-state index is 9.94. The van der Waals surface area contributed by atoms with Crippen molar-refractivity contribution >= 4 is 0 Å². The lowest BCUT2D eigenvalue weighted by Gasteiger charge is -2.27. The van der Waals surface area contributed by atoms with Gasteiger partial charge in [0.2, 0.25) is 0 Å². The summed E-state index contributed by atoms with van der Waals surface area (Å²) in [4.78, 5) is 0. The van der Waals surface area contributed by atoms with Crippen LogP contribution in [0, 0.1) is 0 Å². The van der Waals surface area contributed by atoms with Crippen LogP contribution < -0.4 is 5.32 Å². The van der Waals surface area contributed by atoms with Crippen LogP contribution in [-0.4, -0.2) is 22.5 Å². The van der Waals surface area contributed by atoms with E-state index in [4.69, 9.17) is 0 Å². The third-order valence-corrected chi connectivity index (χ3v) is 2.32. The molecule has 3 nitrogen and oxygen atoms in total. The van der Waals surface area contributed by atoms with Crippen molar-refractivity contribution in [2.45, 2.75) is 38.3 Å². The molecule has 0 amide bonds. The Morgan fingerprint density at radius 3 is 2.93 bits per heavy atom. The number of nitrogens with one attached hydrogen (secondary N) is 1. The first-order valence-electron chi connectivity index (χ1n) is 5.21. The van der Waals surface area contributed by atoms with Crippen LogP contribution >= 0.6 is 0 Å². The molecular weight excluding hydrogens is 178 g/mol. The molecule has 1 aliphatic rings. The highest BCUT2D eigenvalue weighted by atomic mass is 16.3. The molecule has 0 radical (unpaired) electrons. The van der Waals surface area contributed by atoms with Crippen LogP contribution in [0.1, 0.15) is 32.6 Å². The maximum Gasteiger partial charge on any atom is 0.142 e. The van der Waals surface area contributed by atoms with Crippen molar-refractivity contribution in [2.75, 3.05) is 6.54 Å². The van der Waals surface area contributed by atoms with E-state index in [9.17, 15) is 10.2 Å². The Labute approximate surface area is 85.1 Å². The number of aliphatic hydroxyl groups is 2. The van der Waals surface area contributed by atoms with Gasteiger partial charge < -0.3 is 10.2 Å². The minimum Gasteiger partial charge on any atom is -0.512 e. The van der Waals surface area contributed by atoms with Gasteiger partial charge in [0.05, 0.1) is 12.2 Å². The molecule has 1 unspecified atom stereocenters. The molecule has 0 aromatic heterocycles. The second-order valence-electron chi connectivity index (χ2n) is 3.75. The molecule has 0 fully saturated rings. The minimum atomic E-state index is -1.05. The number of hydrogen-bond donors (Lipinski definition) is 3. The fourth-order valence-corrected chi connectivity index (χ4v) is 1.51. The summed E-state index contributed by atoms with van der Waals surface area (Å²) in [5, 5.41) is 22.2.